The van der Waals surface area contributed by atoms with E-state index in [4.69, 9.17) is 28.4 Å². The Morgan fingerprint density at radius 3 is 1.02 bits per heavy atom. The Morgan fingerprint density at radius 1 is 0.376 bits per heavy atom. The van der Waals surface area contributed by atoms with Gasteiger partial charge in [-0.1, -0.05) is 264 Å². The molecule has 3 rings (SSSR count). The Morgan fingerprint density at radius 2 is 0.671 bits per heavy atom. The van der Waals surface area contributed by atoms with Crippen LogP contribution in [0.15, 0.2) is 0 Å². The second-order valence-corrected chi connectivity index (χ2v) is 25.4. The molecule has 0 saturated carbocycles. The van der Waals surface area contributed by atoms with Crippen molar-refractivity contribution in [1.82, 2.24) is 5.32 Å². The summed E-state index contributed by atoms with van der Waals surface area (Å²) in [6.45, 7) is 1.82. The fourth-order valence-corrected chi connectivity index (χ4v) is 12.3. The number of hydrogen-bond donors (Lipinski definition) is 12. The van der Waals surface area contributed by atoms with Gasteiger partial charge in [0.1, 0.15) is 73.2 Å². The van der Waals surface area contributed by atoms with Gasteiger partial charge in [-0.05, 0) is 12.8 Å². The summed E-state index contributed by atoms with van der Waals surface area (Å²) in [6.07, 6.45) is 25.0. The van der Waals surface area contributed by atoms with Crippen LogP contribution < -0.4 is 5.32 Å². The molecular formula is C66H127NO18. The van der Waals surface area contributed by atoms with Crippen molar-refractivity contribution in [2.24, 2.45) is 0 Å². The molecule has 0 aromatic heterocycles. The SMILES string of the molecule is CCCCCCCCCCCCCCCCCCCCCCCCCCCCCCCC(O)C(COC1OC(CO)C(OC2OC(CO)C(OC3OC(CO)C(O)C(O)C3O)C(O)C2O)C(O)C1O)NC(=O)CCCCCCCCCCCCC. The third kappa shape index (κ3) is 32.1. The van der Waals surface area contributed by atoms with Crippen LogP contribution in [-0.4, -0.2) is 193 Å². The number of nitrogens with one attached hydrogen (secondary N) is 1. The summed E-state index contributed by atoms with van der Waals surface area (Å²) >= 11 is 0. The van der Waals surface area contributed by atoms with Crippen molar-refractivity contribution in [3.05, 3.63) is 0 Å². The van der Waals surface area contributed by atoms with Crippen LogP contribution in [0.2, 0.25) is 0 Å². The fourth-order valence-electron chi connectivity index (χ4n) is 12.3. The predicted molar refractivity (Wildman–Crippen MR) is 328 cm³/mol. The molecule has 19 nitrogen and oxygen atoms in total. The van der Waals surface area contributed by atoms with Gasteiger partial charge in [0.05, 0.1) is 38.6 Å². The van der Waals surface area contributed by atoms with E-state index >= 15 is 0 Å². The lowest BCUT2D eigenvalue weighted by atomic mass is 9.96. The Balaban J connectivity index is 1.37. The fraction of sp³-hybridized carbons (Fsp3) is 0.985. The summed E-state index contributed by atoms with van der Waals surface area (Å²) in [5.74, 6) is -0.240. The Labute approximate surface area is 513 Å². The molecule has 0 bridgehead atoms. The van der Waals surface area contributed by atoms with E-state index in [1.165, 1.54) is 205 Å². The Bertz CT molecular complexity index is 1550. The second kappa shape index (κ2) is 49.5. The summed E-state index contributed by atoms with van der Waals surface area (Å²) in [5, 5.41) is 120. The molecule has 3 aliphatic rings. The van der Waals surface area contributed by atoms with Gasteiger partial charge in [-0.25, -0.2) is 0 Å². The molecule has 12 N–H and O–H groups in total. The van der Waals surface area contributed by atoms with Crippen molar-refractivity contribution in [1.29, 1.82) is 0 Å². The zero-order valence-corrected chi connectivity index (χ0v) is 53.1. The van der Waals surface area contributed by atoms with Gasteiger partial charge < -0.3 is 89.9 Å². The van der Waals surface area contributed by atoms with Crippen LogP contribution in [0.25, 0.3) is 0 Å². The Kier molecular flexibility index (Phi) is 45.4. The lowest BCUT2D eigenvalue weighted by molar-refractivity contribution is -0.379. The van der Waals surface area contributed by atoms with Crippen molar-refractivity contribution in [3.8, 4) is 0 Å². The van der Waals surface area contributed by atoms with Gasteiger partial charge in [-0.3, -0.25) is 4.79 Å². The average Bonchev–Trinajstić information content (AvgIpc) is 3.22. The van der Waals surface area contributed by atoms with Crippen LogP contribution in [0.3, 0.4) is 0 Å². The van der Waals surface area contributed by atoms with E-state index in [0.717, 1.165) is 44.9 Å². The first-order valence-electron chi connectivity index (χ1n) is 34.8. The quantitative estimate of drug-likeness (QED) is 0.0253. The standard InChI is InChI=1S/C66H127NO18/c1-3-5-7-9-11-13-15-16-17-18-19-20-21-22-23-24-25-26-27-28-29-30-31-32-34-35-37-39-41-43-50(71)49(67-54(72)44-42-40-38-36-33-14-12-10-8-6-4-2)48-80-64-60(78)57(75)62(52(46-69)82-64)85-66-61(79)58(76)63(53(47-70)83-66)84-65-59(77)56(74)55(73)51(45-68)81-65/h49-53,55-66,68-71,73-79H,3-48H2,1-2H3,(H,67,72). The van der Waals surface area contributed by atoms with E-state index < -0.39 is 124 Å². The lowest BCUT2D eigenvalue weighted by Crippen LogP contribution is -2.66. The van der Waals surface area contributed by atoms with Crippen molar-refractivity contribution in [3.63, 3.8) is 0 Å². The number of carbonyl (C=O) groups excluding carboxylic acids is 1. The van der Waals surface area contributed by atoms with Gasteiger partial charge in [0.2, 0.25) is 5.91 Å². The summed E-state index contributed by atoms with van der Waals surface area (Å²) < 4.78 is 34.4. The van der Waals surface area contributed by atoms with Crippen molar-refractivity contribution in [2.75, 3.05) is 26.4 Å². The van der Waals surface area contributed by atoms with Crippen LogP contribution in [-0.2, 0) is 33.2 Å². The summed E-state index contributed by atoms with van der Waals surface area (Å²) in [5.41, 5.74) is 0. The molecular weight excluding hydrogens is 1090 g/mol. The second-order valence-electron chi connectivity index (χ2n) is 25.4. The molecule has 3 heterocycles. The van der Waals surface area contributed by atoms with Crippen LogP contribution in [0.4, 0.5) is 0 Å². The van der Waals surface area contributed by atoms with E-state index in [2.05, 4.69) is 19.2 Å². The first kappa shape index (κ1) is 78.0. The molecule has 3 fully saturated rings. The van der Waals surface area contributed by atoms with E-state index in [-0.39, 0.29) is 18.9 Å². The normalized spacial score (nSPS) is 28.9. The third-order valence-electron chi connectivity index (χ3n) is 17.9. The van der Waals surface area contributed by atoms with Crippen LogP contribution in [0.1, 0.15) is 284 Å². The minimum Gasteiger partial charge on any atom is -0.394 e. The smallest absolute Gasteiger partial charge is 0.220 e. The van der Waals surface area contributed by atoms with Gasteiger partial charge in [0.15, 0.2) is 18.9 Å². The number of ether oxygens (including phenoxy) is 6. The number of unbranched alkanes of at least 4 members (excludes halogenated alkanes) is 38. The summed E-state index contributed by atoms with van der Waals surface area (Å²) in [4.78, 5) is 13.3. The maximum Gasteiger partial charge on any atom is 0.220 e. The largest absolute Gasteiger partial charge is 0.394 e. The van der Waals surface area contributed by atoms with Crippen LogP contribution in [0, 0.1) is 0 Å². The van der Waals surface area contributed by atoms with E-state index in [1.807, 2.05) is 0 Å². The van der Waals surface area contributed by atoms with Crippen LogP contribution in [0.5, 0.6) is 0 Å². The van der Waals surface area contributed by atoms with E-state index in [1.54, 1.807) is 0 Å². The first-order valence-corrected chi connectivity index (χ1v) is 34.8. The number of amides is 1. The highest BCUT2D eigenvalue weighted by Gasteiger charge is 2.53. The molecule has 0 spiro atoms. The zero-order chi connectivity index (χ0) is 61.9. The van der Waals surface area contributed by atoms with Gasteiger partial charge in [-0.15, -0.1) is 0 Å². The van der Waals surface area contributed by atoms with Gasteiger partial charge >= 0.3 is 0 Å². The Hall–Kier alpha value is -1.21. The molecule has 0 aromatic rings. The van der Waals surface area contributed by atoms with Crippen LogP contribution >= 0.6 is 0 Å². The average molecular weight is 1220 g/mol. The third-order valence-corrected chi connectivity index (χ3v) is 17.9. The molecule has 0 aromatic carbocycles. The molecule has 3 aliphatic heterocycles. The highest BCUT2D eigenvalue weighted by Crippen LogP contribution is 2.33. The van der Waals surface area contributed by atoms with Crippen molar-refractivity contribution in [2.45, 2.75) is 388 Å². The predicted octanol–water partition coefficient (Wildman–Crippen LogP) is 8.72. The van der Waals surface area contributed by atoms with Gasteiger partial charge in [-0.2, -0.15) is 0 Å². The summed E-state index contributed by atoms with van der Waals surface area (Å²) in [7, 11) is 0. The molecule has 3 saturated heterocycles. The zero-order valence-electron chi connectivity index (χ0n) is 53.1. The lowest BCUT2D eigenvalue weighted by Gasteiger charge is -2.48. The molecule has 0 radical (unpaired) electrons. The monoisotopic (exact) mass is 1220 g/mol. The number of carbonyl (C=O) groups is 1. The molecule has 0 aliphatic carbocycles. The molecule has 19 heteroatoms. The molecule has 1 amide bonds. The van der Waals surface area contributed by atoms with E-state index in [9.17, 15) is 61.0 Å². The maximum atomic E-state index is 13.3. The highest BCUT2D eigenvalue weighted by atomic mass is 16.8. The summed E-state index contributed by atoms with van der Waals surface area (Å²) in [6, 6.07) is -0.880. The number of aliphatic hydroxyl groups is 11. The number of hydrogen-bond acceptors (Lipinski definition) is 18. The van der Waals surface area contributed by atoms with Gasteiger partial charge in [0.25, 0.3) is 0 Å². The van der Waals surface area contributed by atoms with Crippen molar-refractivity contribution < 1.29 is 89.4 Å². The minimum atomic E-state index is -1.97. The highest BCUT2D eigenvalue weighted by molar-refractivity contribution is 5.76. The van der Waals surface area contributed by atoms with Gasteiger partial charge in [0, 0.05) is 6.42 Å². The maximum absolute atomic E-state index is 13.3. The molecule has 17 atom stereocenters. The number of aliphatic hydroxyl groups excluding tert-OH is 11. The molecule has 17 unspecified atom stereocenters. The number of rotatable bonds is 54. The van der Waals surface area contributed by atoms with E-state index in [0.29, 0.717) is 12.8 Å². The van der Waals surface area contributed by atoms with Crippen molar-refractivity contribution >= 4 is 5.91 Å². The first-order chi connectivity index (χ1) is 41.3. The molecule has 504 valence electrons. The molecule has 85 heavy (non-hydrogen) atoms. The topological polar surface area (TPSA) is 307 Å². The minimum absolute atomic E-state index is 0.240.